The second-order valence-corrected chi connectivity index (χ2v) is 12.6. The zero-order valence-electron chi connectivity index (χ0n) is 24.7. The Morgan fingerprint density at radius 2 is 1.70 bits per heavy atom. The zero-order chi connectivity index (χ0) is 27.6. The Kier molecular flexibility index (Phi) is 8.36. The van der Waals surface area contributed by atoms with Gasteiger partial charge in [-0.05, 0) is 85.9 Å². The van der Waals surface area contributed by atoms with E-state index < -0.39 is 0 Å². The molecule has 3 atom stereocenters. The summed E-state index contributed by atoms with van der Waals surface area (Å²) in [6.07, 6.45) is 9.17. The third-order valence-electron chi connectivity index (χ3n) is 10.1. The van der Waals surface area contributed by atoms with Gasteiger partial charge < -0.3 is 24.2 Å². The number of anilines is 2. The van der Waals surface area contributed by atoms with Crippen molar-refractivity contribution in [3.63, 3.8) is 0 Å². The lowest BCUT2D eigenvalue weighted by molar-refractivity contribution is 0.0600. The fourth-order valence-electron chi connectivity index (χ4n) is 8.21. The maximum atomic E-state index is 12.6. The number of esters is 1. The van der Waals surface area contributed by atoms with E-state index in [-0.39, 0.29) is 5.97 Å². The first-order valence-electron chi connectivity index (χ1n) is 15.6. The Morgan fingerprint density at radius 1 is 0.875 bits per heavy atom. The van der Waals surface area contributed by atoms with Crippen LogP contribution in [-0.2, 0) is 9.47 Å². The number of hydrogen-bond donors (Lipinski definition) is 0. The molecule has 0 bridgehead atoms. The van der Waals surface area contributed by atoms with Crippen LogP contribution in [-0.4, -0.2) is 71.0 Å². The molecule has 3 heterocycles. The van der Waals surface area contributed by atoms with Crippen LogP contribution in [0.15, 0.2) is 36.4 Å². The van der Waals surface area contributed by atoms with Gasteiger partial charge in [-0.2, -0.15) is 0 Å². The summed E-state index contributed by atoms with van der Waals surface area (Å²) >= 11 is 0. The van der Waals surface area contributed by atoms with Crippen molar-refractivity contribution in [3.05, 3.63) is 58.7 Å². The minimum Gasteiger partial charge on any atom is -0.465 e. The highest BCUT2D eigenvalue weighted by Crippen LogP contribution is 2.57. The van der Waals surface area contributed by atoms with E-state index >= 15 is 0 Å². The summed E-state index contributed by atoms with van der Waals surface area (Å²) < 4.78 is 10.6. The Labute approximate surface area is 240 Å². The van der Waals surface area contributed by atoms with Crippen molar-refractivity contribution in [1.29, 1.82) is 0 Å². The third kappa shape index (κ3) is 5.37. The standard InChI is InChI=1S/C34H47N3O3/c1-24-11-13-29-30(20-24)36(17-16-35-15-7-8-25(22-35)23-39-2)18-19-37-31-21-27(34(38)40-3)12-14-28(31)32(33(29)37)26-9-5-4-6-10-26/h11-14,20-21,25-26,32-33H,4-10,15-19,22-23H2,1-3H3. The van der Waals surface area contributed by atoms with Gasteiger partial charge in [0.15, 0.2) is 0 Å². The van der Waals surface area contributed by atoms with Crippen LogP contribution >= 0.6 is 0 Å². The molecule has 0 aromatic heterocycles. The normalized spacial score (nSPS) is 25.2. The molecule has 216 valence electrons. The number of carbonyl (C=O) groups is 1. The van der Waals surface area contributed by atoms with E-state index in [0.717, 1.165) is 39.3 Å². The lowest BCUT2D eigenvalue weighted by atomic mass is 9.73. The molecule has 6 rings (SSSR count). The third-order valence-corrected chi connectivity index (χ3v) is 10.1. The highest BCUT2D eigenvalue weighted by molar-refractivity contribution is 5.91. The molecule has 40 heavy (non-hydrogen) atoms. The number of benzene rings is 2. The van der Waals surface area contributed by atoms with Gasteiger partial charge in [0.1, 0.15) is 0 Å². The first kappa shape index (κ1) is 27.6. The Bertz CT molecular complexity index is 1190. The average molecular weight is 546 g/mol. The van der Waals surface area contributed by atoms with Gasteiger partial charge in [-0.15, -0.1) is 0 Å². The Morgan fingerprint density at radius 3 is 2.50 bits per heavy atom. The van der Waals surface area contributed by atoms with E-state index in [2.05, 4.69) is 52.0 Å². The highest BCUT2D eigenvalue weighted by atomic mass is 16.5. The maximum Gasteiger partial charge on any atom is 0.337 e. The summed E-state index contributed by atoms with van der Waals surface area (Å²) in [7, 11) is 3.31. The van der Waals surface area contributed by atoms with E-state index in [4.69, 9.17) is 9.47 Å². The number of ether oxygens (including phenoxy) is 2. The van der Waals surface area contributed by atoms with Crippen molar-refractivity contribution in [2.75, 3.05) is 69.9 Å². The minimum atomic E-state index is -0.249. The molecular weight excluding hydrogens is 498 g/mol. The largest absolute Gasteiger partial charge is 0.465 e. The molecule has 6 heteroatoms. The predicted molar refractivity (Wildman–Crippen MR) is 162 cm³/mol. The van der Waals surface area contributed by atoms with Gasteiger partial charge in [0.2, 0.25) is 0 Å². The molecule has 3 unspecified atom stereocenters. The molecule has 2 fully saturated rings. The van der Waals surface area contributed by atoms with Crippen LogP contribution in [0.5, 0.6) is 0 Å². The molecule has 2 aromatic carbocycles. The van der Waals surface area contributed by atoms with Crippen LogP contribution in [0.1, 0.15) is 84.0 Å². The van der Waals surface area contributed by atoms with Crippen LogP contribution in [0, 0.1) is 18.8 Å². The summed E-state index contributed by atoms with van der Waals surface area (Å²) in [4.78, 5) is 20.5. The molecule has 0 spiro atoms. The molecule has 3 aliphatic heterocycles. The second kappa shape index (κ2) is 12.1. The van der Waals surface area contributed by atoms with E-state index in [1.165, 1.54) is 86.7 Å². The number of fused-ring (bicyclic) bond motifs is 5. The van der Waals surface area contributed by atoms with E-state index in [9.17, 15) is 4.79 Å². The molecule has 0 amide bonds. The number of piperidine rings is 1. The number of rotatable bonds is 7. The lowest BCUT2D eigenvalue weighted by Gasteiger charge is -2.36. The molecule has 1 saturated carbocycles. The lowest BCUT2D eigenvalue weighted by Crippen LogP contribution is -2.42. The maximum absolute atomic E-state index is 12.6. The van der Waals surface area contributed by atoms with Crippen molar-refractivity contribution in [2.45, 2.75) is 63.8 Å². The van der Waals surface area contributed by atoms with Crippen molar-refractivity contribution >= 4 is 17.3 Å². The van der Waals surface area contributed by atoms with Crippen LogP contribution < -0.4 is 9.80 Å². The summed E-state index contributed by atoms with van der Waals surface area (Å²) in [5, 5.41) is 0. The van der Waals surface area contributed by atoms with E-state index in [1.54, 1.807) is 0 Å². The first-order valence-corrected chi connectivity index (χ1v) is 15.6. The smallest absolute Gasteiger partial charge is 0.337 e. The number of methoxy groups -OCH3 is 2. The van der Waals surface area contributed by atoms with Gasteiger partial charge in [0, 0.05) is 57.1 Å². The number of hydrogen-bond acceptors (Lipinski definition) is 6. The van der Waals surface area contributed by atoms with Crippen molar-refractivity contribution in [3.8, 4) is 0 Å². The summed E-state index contributed by atoms with van der Waals surface area (Å²) in [5.74, 6) is 1.54. The fraction of sp³-hybridized carbons (Fsp3) is 0.618. The molecule has 2 aromatic rings. The van der Waals surface area contributed by atoms with Crippen LogP contribution in [0.4, 0.5) is 11.4 Å². The molecule has 4 aliphatic rings. The van der Waals surface area contributed by atoms with Gasteiger partial charge in [-0.3, -0.25) is 0 Å². The summed E-state index contributed by atoms with van der Waals surface area (Å²) in [6, 6.07) is 13.8. The quantitative estimate of drug-likeness (QED) is 0.387. The van der Waals surface area contributed by atoms with Gasteiger partial charge >= 0.3 is 5.97 Å². The predicted octanol–water partition coefficient (Wildman–Crippen LogP) is 6.19. The van der Waals surface area contributed by atoms with Crippen LogP contribution in [0.3, 0.4) is 0 Å². The Hall–Kier alpha value is -2.57. The topological polar surface area (TPSA) is 45.2 Å². The number of aryl methyl sites for hydroxylation is 1. The molecular formula is C34H47N3O3. The number of nitrogens with zero attached hydrogens (tertiary/aromatic N) is 3. The molecule has 6 nitrogen and oxygen atoms in total. The highest BCUT2D eigenvalue weighted by Gasteiger charge is 2.46. The minimum absolute atomic E-state index is 0.249. The Balaban J connectivity index is 1.34. The molecule has 1 saturated heterocycles. The second-order valence-electron chi connectivity index (χ2n) is 12.6. The van der Waals surface area contributed by atoms with Gasteiger partial charge in [0.25, 0.3) is 0 Å². The van der Waals surface area contributed by atoms with Gasteiger partial charge in [0.05, 0.1) is 25.3 Å². The summed E-state index contributed by atoms with van der Waals surface area (Å²) in [6.45, 7) is 9.52. The van der Waals surface area contributed by atoms with E-state index in [1.807, 2.05) is 13.2 Å². The van der Waals surface area contributed by atoms with Crippen molar-refractivity contribution < 1.29 is 14.3 Å². The van der Waals surface area contributed by atoms with Crippen LogP contribution in [0.25, 0.3) is 0 Å². The van der Waals surface area contributed by atoms with Gasteiger partial charge in [-0.25, -0.2) is 4.79 Å². The van der Waals surface area contributed by atoms with Crippen molar-refractivity contribution in [2.24, 2.45) is 11.8 Å². The number of likely N-dealkylation sites (tertiary alicyclic amines) is 1. The van der Waals surface area contributed by atoms with Crippen molar-refractivity contribution in [1.82, 2.24) is 4.90 Å². The molecule has 0 radical (unpaired) electrons. The monoisotopic (exact) mass is 545 g/mol. The van der Waals surface area contributed by atoms with E-state index in [0.29, 0.717) is 29.4 Å². The first-order chi connectivity index (χ1) is 19.6. The SMILES string of the molecule is COCC1CCCN(CCN2CCN3c4cc(C(=O)OC)ccc4C(C4CCCCC4)C3c3ccc(C)cc32)C1. The van der Waals surface area contributed by atoms with Gasteiger partial charge in [-0.1, -0.05) is 37.5 Å². The fourth-order valence-corrected chi connectivity index (χ4v) is 8.21. The molecule has 0 N–H and O–H groups in total. The summed E-state index contributed by atoms with van der Waals surface area (Å²) in [5.41, 5.74) is 7.54. The van der Waals surface area contributed by atoms with Crippen LogP contribution in [0.2, 0.25) is 0 Å². The number of carbonyl (C=O) groups excluding carboxylic acids is 1. The molecule has 1 aliphatic carbocycles. The average Bonchev–Trinajstić information content (AvgIpc) is 3.22. The zero-order valence-corrected chi connectivity index (χ0v) is 24.7.